The Bertz CT molecular complexity index is 1030. The third kappa shape index (κ3) is 19.6. The van der Waals surface area contributed by atoms with Crippen molar-refractivity contribution in [3.63, 3.8) is 0 Å². The van der Waals surface area contributed by atoms with Gasteiger partial charge in [0.2, 0.25) is 0 Å². The molecule has 6 nitrogen and oxygen atoms in total. The molecule has 0 aromatic heterocycles. The average Bonchev–Trinajstić information content (AvgIpc) is 3.14. The minimum absolute atomic E-state index is 0.0208. The first-order valence-electron chi connectivity index (χ1n) is 20.7. The fourth-order valence-electron chi connectivity index (χ4n) is 6.56. The number of nitrogens with zero attached hydrogens (tertiary/aromatic N) is 2. The summed E-state index contributed by atoms with van der Waals surface area (Å²) < 4.78 is 0. The molecule has 282 valence electrons. The lowest BCUT2D eigenvalue weighted by Crippen LogP contribution is -2.36. The number of nitrogens with one attached hydrogen (secondary N) is 2. The number of benzene rings is 2. The van der Waals surface area contributed by atoms with Crippen molar-refractivity contribution in [2.24, 2.45) is 0 Å². The molecule has 2 N–H and O–H groups in total. The zero-order valence-corrected chi connectivity index (χ0v) is 32.7. The maximum atomic E-state index is 12.9. The molecule has 0 atom stereocenters. The van der Waals surface area contributed by atoms with Gasteiger partial charge in [0.05, 0.1) is 0 Å². The molecule has 2 aromatic carbocycles. The third-order valence-corrected chi connectivity index (χ3v) is 9.87. The molecule has 0 aliphatic carbocycles. The molecule has 0 unspecified atom stereocenters. The molecule has 0 fully saturated rings. The van der Waals surface area contributed by atoms with Crippen molar-refractivity contribution in [2.45, 2.75) is 143 Å². The van der Waals surface area contributed by atoms with Crippen LogP contribution >= 0.6 is 0 Å². The second-order valence-electron chi connectivity index (χ2n) is 14.3. The first-order chi connectivity index (χ1) is 24.5. The fourth-order valence-corrected chi connectivity index (χ4v) is 6.56. The van der Waals surface area contributed by atoms with Gasteiger partial charge in [0.25, 0.3) is 11.8 Å². The molecule has 2 aromatic rings. The van der Waals surface area contributed by atoms with Crippen LogP contribution in [-0.2, 0) is 0 Å². The van der Waals surface area contributed by atoms with Crippen molar-refractivity contribution < 1.29 is 9.59 Å². The first kappa shape index (κ1) is 43.5. The summed E-state index contributed by atoms with van der Waals surface area (Å²) in [6.45, 7) is 16.6. The van der Waals surface area contributed by atoms with E-state index in [9.17, 15) is 9.59 Å². The summed E-state index contributed by atoms with van der Waals surface area (Å²) in [5, 5.41) is 6.29. The number of amides is 2. The molecule has 0 heterocycles. The summed E-state index contributed by atoms with van der Waals surface area (Å²) in [6, 6.07) is 15.6. The zero-order valence-electron chi connectivity index (χ0n) is 32.7. The molecule has 0 bridgehead atoms. The van der Waals surface area contributed by atoms with E-state index >= 15 is 0 Å². The molecule has 0 aliphatic rings. The monoisotopic (exact) mass is 691 g/mol. The molecule has 2 rings (SSSR count). The van der Waals surface area contributed by atoms with E-state index in [4.69, 9.17) is 0 Å². The van der Waals surface area contributed by atoms with Gasteiger partial charge in [-0.3, -0.25) is 9.59 Å². The van der Waals surface area contributed by atoms with Gasteiger partial charge in [0.15, 0.2) is 0 Å². The highest BCUT2D eigenvalue weighted by Crippen LogP contribution is 2.21. The number of unbranched alkanes of at least 4 members (excludes halogenated alkanes) is 14. The van der Waals surface area contributed by atoms with Gasteiger partial charge in [-0.25, -0.2) is 0 Å². The van der Waals surface area contributed by atoms with Crippen LogP contribution < -0.4 is 10.6 Å². The Morgan fingerprint density at radius 1 is 0.400 bits per heavy atom. The maximum Gasteiger partial charge on any atom is 0.251 e. The lowest BCUT2D eigenvalue weighted by atomic mass is 10.0. The second-order valence-corrected chi connectivity index (χ2v) is 14.3. The molecule has 0 saturated heterocycles. The Hall–Kier alpha value is -2.70. The lowest BCUT2D eigenvalue weighted by Gasteiger charge is -2.22. The Morgan fingerprint density at radius 2 is 0.680 bits per heavy atom. The van der Waals surface area contributed by atoms with E-state index in [-0.39, 0.29) is 11.8 Å². The van der Waals surface area contributed by atoms with E-state index in [1.807, 2.05) is 48.5 Å². The van der Waals surface area contributed by atoms with Crippen molar-refractivity contribution in [1.82, 2.24) is 20.4 Å². The molecule has 0 saturated carbocycles. The van der Waals surface area contributed by atoms with Crippen LogP contribution in [0.3, 0.4) is 0 Å². The lowest BCUT2D eigenvalue weighted by molar-refractivity contribution is 0.0939. The van der Waals surface area contributed by atoms with Gasteiger partial charge >= 0.3 is 0 Å². The Kier molecular flexibility index (Phi) is 25.2. The molecule has 6 heteroatoms. The van der Waals surface area contributed by atoms with Crippen molar-refractivity contribution >= 4 is 11.8 Å². The van der Waals surface area contributed by atoms with E-state index in [1.54, 1.807) is 0 Å². The normalized spacial score (nSPS) is 11.4. The fraction of sp³-hybridized carbons (Fsp3) is 0.682. The number of hydrogen-bond acceptors (Lipinski definition) is 4. The Balaban J connectivity index is 1.79. The molecule has 2 amide bonds. The average molecular weight is 691 g/mol. The highest BCUT2D eigenvalue weighted by Gasteiger charge is 2.11. The van der Waals surface area contributed by atoms with E-state index in [1.165, 1.54) is 116 Å². The van der Waals surface area contributed by atoms with Crippen molar-refractivity contribution in [1.29, 1.82) is 0 Å². The quantitative estimate of drug-likeness (QED) is 0.0773. The number of carbonyl (C=O) groups excluding carboxylic acids is 2. The molecular weight excluding hydrogens is 617 g/mol. The summed E-state index contributed by atoms with van der Waals surface area (Å²) in [6.07, 6.45) is 23.2. The SMILES string of the molecule is CCCCCCCCN(CCCCC)CCNC(=O)c1ccc(-c2ccc(C(=O)NCCN(CCCCC)CCCCCCCC)cc2)cc1. The smallest absolute Gasteiger partial charge is 0.251 e. The van der Waals surface area contributed by atoms with Crippen LogP contribution in [0.2, 0.25) is 0 Å². The summed E-state index contributed by atoms with van der Waals surface area (Å²) in [4.78, 5) is 30.9. The van der Waals surface area contributed by atoms with E-state index in [0.717, 1.165) is 50.4 Å². The van der Waals surface area contributed by atoms with E-state index in [2.05, 4.69) is 48.1 Å². The summed E-state index contributed by atoms with van der Waals surface area (Å²) in [7, 11) is 0. The van der Waals surface area contributed by atoms with Crippen LogP contribution in [0.1, 0.15) is 164 Å². The predicted octanol–water partition coefficient (Wildman–Crippen LogP) is 10.5. The highest BCUT2D eigenvalue weighted by molar-refractivity contribution is 5.95. The van der Waals surface area contributed by atoms with Crippen LogP contribution in [-0.4, -0.2) is 74.0 Å². The predicted molar refractivity (Wildman–Crippen MR) is 215 cm³/mol. The van der Waals surface area contributed by atoms with Gasteiger partial charge in [-0.1, -0.05) is 142 Å². The van der Waals surface area contributed by atoms with Crippen LogP contribution in [0.25, 0.3) is 11.1 Å². The van der Waals surface area contributed by atoms with Crippen LogP contribution in [0.5, 0.6) is 0 Å². The van der Waals surface area contributed by atoms with Crippen molar-refractivity contribution in [3.05, 3.63) is 59.7 Å². The summed E-state index contributed by atoms with van der Waals surface area (Å²) in [5.41, 5.74) is 3.43. The molecular formula is C44H74N4O2. The van der Waals surface area contributed by atoms with Gasteiger partial charge in [-0.15, -0.1) is 0 Å². The van der Waals surface area contributed by atoms with E-state index < -0.39 is 0 Å². The van der Waals surface area contributed by atoms with E-state index in [0.29, 0.717) is 24.2 Å². The third-order valence-electron chi connectivity index (χ3n) is 9.87. The Labute approximate surface area is 307 Å². The number of rotatable bonds is 31. The van der Waals surface area contributed by atoms with Crippen LogP contribution in [0.15, 0.2) is 48.5 Å². The van der Waals surface area contributed by atoms with Crippen molar-refractivity contribution in [2.75, 3.05) is 52.4 Å². The maximum absolute atomic E-state index is 12.9. The van der Waals surface area contributed by atoms with Crippen LogP contribution in [0.4, 0.5) is 0 Å². The molecule has 0 spiro atoms. The standard InChI is InChI=1S/C44H74N4O2/c1-5-9-13-15-17-21-35-47(33-19-11-7-3)37-31-45-43(49)41-27-23-39(24-28-41)40-25-29-42(30-26-40)44(50)46-32-38-48(34-20-12-8-4)36-22-18-16-14-10-6-2/h23-30H,5-22,31-38H2,1-4H3,(H,45,49)(H,46,50). The Morgan fingerprint density at radius 3 is 1.02 bits per heavy atom. The summed E-state index contributed by atoms with van der Waals surface area (Å²) >= 11 is 0. The zero-order chi connectivity index (χ0) is 36.1. The topological polar surface area (TPSA) is 64.7 Å². The van der Waals surface area contributed by atoms with Crippen LogP contribution in [0, 0.1) is 0 Å². The first-order valence-corrected chi connectivity index (χ1v) is 20.7. The minimum atomic E-state index is -0.0208. The number of hydrogen-bond donors (Lipinski definition) is 2. The highest BCUT2D eigenvalue weighted by atomic mass is 16.2. The largest absolute Gasteiger partial charge is 0.351 e. The van der Waals surface area contributed by atoms with Gasteiger partial charge < -0.3 is 20.4 Å². The second kappa shape index (κ2) is 28.9. The van der Waals surface area contributed by atoms with Gasteiger partial charge in [0, 0.05) is 37.3 Å². The van der Waals surface area contributed by atoms with Gasteiger partial charge in [-0.2, -0.15) is 0 Å². The van der Waals surface area contributed by atoms with Gasteiger partial charge in [-0.05, 0) is 87.3 Å². The summed E-state index contributed by atoms with van der Waals surface area (Å²) in [5.74, 6) is -0.0416. The minimum Gasteiger partial charge on any atom is -0.351 e. The molecule has 0 aliphatic heterocycles. The van der Waals surface area contributed by atoms with Crippen molar-refractivity contribution in [3.8, 4) is 11.1 Å². The number of carbonyl (C=O) groups is 2. The molecule has 0 radical (unpaired) electrons. The molecule has 50 heavy (non-hydrogen) atoms. The van der Waals surface area contributed by atoms with Gasteiger partial charge in [0.1, 0.15) is 0 Å².